The highest BCUT2D eigenvalue weighted by molar-refractivity contribution is 6.21. The van der Waals surface area contributed by atoms with Gasteiger partial charge in [-0.1, -0.05) is 12.1 Å². The van der Waals surface area contributed by atoms with E-state index in [-0.39, 0.29) is 36.6 Å². The minimum absolute atomic E-state index is 0.131. The Hall–Kier alpha value is -2.70. The van der Waals surface area contributed by atoms with E-state index in [4.69, 9.17) is 0 Å². The number of carbonyl (C=O) groups excluding carboxylic acids is 4. The Balaban J connectivity index is 1.56. The normalized spacial score (nSPS) is 20.2. The summed E-state index contributed by atoms with van der Waals surface area (Å²) in [6, 6.07) is 6.23. The fraction of sp³-hybridized carbons (Fsp3) is 0.412. The molecule has 7 heteroatoms. The van der Waals surface area contributed by atoms with Gasteiger partial charge in [-0.2, -0.15) is 0 Å². The maximum atomic E-state index is 12.3. The van der Waals surface area contributed by atoms with Crippen molar-refractivity contribution >= 4 is 23.6 Å². The van der Waals surface area contributed by atoms with Gasteiger partial charge in [0, 0.05) is 26.1 Å². The van der Waals surface area contributed by atoms with Gasteiger partial charge in [-0.05, 0) is 25.5 Å². The van der Waals surface area contributed by atoms with E-state index in [1.54, 1.807) is 36.1 Å². The molecule has 126 valence electrons. The Morgan fingerprint density at radius 3 is 2.42 bits per heavy atom. The summed E-state index contributed by atoms with van der Waals surface area (Å²) in [5.41, 5.74) is 0.824. The second-order valence-electron chi connectivity index (χ2n) is 5.97. The molecule has 1 unspecified atom stereocenters. The zero-order valence-electron chi connectivity index (χ0n) is 13.4. The second-order valence-corrected chi connectivity index (χ2v) is 5.97. The van der Waals surface area contributed by atoms with Crippen molar-refractivity contribution < 1.29 is 19.2 Å². The summed E-state index contributed by atoms with van der Waals surface area (Å²) in [7, 11) is 0. The van der Waals surface area contributed by atoms with Crippen LogP contribution < -0.4 is 5.32 Å². The highest BCUT2D eigenvalue weighted by Gasteiger charge is 2.35. The first-order valence-corrected chi connectivity index (χ1v) is 8.03. The molecule has 24 heavy (non-hydrogen) atoms. The second kappa shape index (κ2) is 6.43. The van der Waals surface area contributed by atoms with Crippen molar-refractivity contribution in [1.29, 1.82) is 0 Å². The lowest BCUT2D eigenvalue weighted by molar-refractivity contribution is -0.142. The number of hydrogen-bond acceptors (Lipinski definition) is 4. The smallest absolute Gasteiger partial charge is 0.261 e. The lowest BCUT2D eigenvalue weighted by atomic mass is 10.1. The van der Waals surface area contributed by atoms with Gasteiger partial charge in [-0.3, -0.25) is 24.1 Å². The summed E-state index contributed by atoms with van der Waals surface area (Å²) >= 11 is 0. The molecule has 1 aromatic rings. The minimum Gasteiger partial charge on any atom is -0.353 e. The molecular weight excluding hydrogens is 310 g/mol. The molecule has 0 saturated carbocycles. The molecule has 0 aromatic heterocycles. The van der Waals surface area contributed by atoms with Gasteiger partial charge in [-0.25, -0.2) is 0 Å². The first kappa shape index (κ1) is 16.2. The van der Waals surface area contributed by atoms with Gasteiger partial charge >= 0.3 is 0 Å². The van der Waals surface area contributed by atoms with Crippen LogP contribution in [0.1, 0.15) is 40.5 Å². The van der Waals surface area contributed by atoms with Crippen LogP contribution >= 0.6 is 0 Å². The number of nitrogens with zero attached hydrogens (tertiary/aromatic N) is 2. The van der Waals surface area contributed by atoms with Crippen molar-refractivity contribution in [3.63, 3.8) is 0 Å². The first-order valence-electron chi connectivity index (χ1n) is 8.03. The van der Waals surface area contributed by atoms with Gasteiger partial charge in [-0.15, -0.1) is 0 Å². The summed E-state index contributed by atoms with van der Waals surface area (Å²) < 4.78 is 0. The van der Waals surface area contributed by atoms with Crippen molar-refractivity contribution in [2.45, 2.75) is 25.8 Å². The summed E-state index contributed by atoms with van der Waals surface area (Å²) in [6.07, 6.45) is 0.583. The summed E-state index contributed by atoms with van der Waals surface area (Å²) in [5.74, 6) is -0.911. The maximum absolute atomic E-state index is 12.3. The van der Waals surface area contributed by atoms with Crippen molar-refractivity contribution in [1.82, 2.24) is 15.1 Å². The number of imide groups is 1. The number of amides is 4. The Morgan fingerprint density at radius 2 is 1.79 bits per heavy atom. The molecule has 1 atom stereocenters. The zero-order chi connectivity index (χ0) is 17.3. The van der Waals surface area contributed by atoms with E-state index in [1.807, 2.05) is 0 Å². The number of carbonyl (C=O) groups is 4. The SMILES string of the molecule is CC1C(=O)NCCN1C(=O)CCCN1C(=O)c2ccccc2C1=O. The van der Waals surface area contributed by atoms with E-state index in [0.29, 0.717) is 30.6 Å². The molecule has 3 rings (SSSR count). The minimum atomic E-state index is -0.481. The molecule has 1 saturated heterocycles. The molecule has 0 bridgehead atoms. The highest BCUT2D eigenvalue weighted by Crippen LogP contribution is 2.22. The van der Waals surface area contributed by atoms with Crippen molar-refractivity contribution in [3.8, 4) is 0 Å². The summed E-state index contributed by atoms with van der Waals surface area (Å²) in [4.78, 5) is 51.1. The molecule has 1 fully saturated rings. The molecule has 2 aliphatic heterocycles. The molecule has 2 aliphatic rings. The average molecular weight is 329 g/mol. The van der Waals surface area contributed by atoms with Crippen molar-refractivity contribution in [3.05, 3.63) is 35.4 Å². The topological polar surface area (TPSA) is 86.8 Å². The molecule has 0 radical (unpaired) electrons. The molecule has 2 heterocycles. The quantitative estimate of drug-likeness (QED) is 0.811. The number of piperazine rings is 1. The van der Waals surface area contributed by atoms with E-state index in [9.17, 15) is 19.2 Å². The van der Waals surface area contributed by atoms with Crippen molar-refractivity contribution in [2.24, 2.45) is 0 Å². The van der Waals surface area contributed by atoms with Crippen LogP contribution in [0.4, 0.5) is 0 Å². The fourth-order valence-corrected chi connectivity index (χ4v) is 3.10. The third-order valence-electron chi connectivity index (χ3n) is 4.47. The molecular formula is C17H19N3O4. The average Bonchev–Trinajstić information content (AvgIpc) is 2.82. The Labute approximate surface area is 139 Å². The lowest BCUT2D eigenvalue weighted by Crippen LogP contribution is -2.55. The van der Waals surface area contributed by atoms with Gasteiger partial charge in [0.1, 0.15) is 6.04 Å². The number of nitrogens with one attached hydrogen (secondary N) is 1. The molecule has 0 spiro atoms. The van der Waals surface area contributed by atoms with Crippen molar-refractivity contribution in [2.75, 3.05) is 19.6 Å². The van der Waals surface area contributed by atoms with Gasteiger partial charge in [0.25, 0.3) is 11.8 Å². The number of rotatable bonds is 4. The summed E-state index contributed by atoms with van der Waals surface area (Å²) in [6.45, 7) is 2.83. The largest absolute Gasteiger partial charge is 0.353 e. The van der Waals surface area contributed by atoms with E-state index >= 15 is 0 Å². The van der Waals surface area contributed by atoms with Crippen LogP contribution in [0.25, 0.3) is 0 Å². The molecule has 4 amide bonds. The number of benzene rings is 1. The lowest BCUT2D eigenvalue weighted by Gasteiger charge is -2.33. The number of hydrogen-bond donors (Lipinski definition) is 1. The van der Waals surface area contributed by atoms with Crippen LogP contribution in [-0.2, 0) is 9.59 Å². The van der Waals surface area contributed by atoms with E-state index in [2.05, 4.69) is 5.32 Å². The van der Waals surface area contributed by atoms with Crippen LogP contribution in [0.3, 0.4) is 0 Å². The monoisotopic (exact) mass is 329 g/mol. The van der Waals surface area contributed by atoms with Crippen LogP contribution in [0.2, 0.25) is 0 Å². The first-order chi connectivity index (χ1) is 11.5. The van der Waals surface area contributed by atoms with Crippen LogP contribution in [0.5, 0.6) is 0 Å². The molecule has 1 aromatic carbocycles. The van der Waals surface area contributed by atoms with Gasteiger partial charge in [0.05, 0.1) is 11.1 Å². The molecule has 1 N–H and O–H groups in total. The van der Waals surface area contributed by atoms with Crippen LogP contribution in [0.15, 0.2) is 24.3 Å². The van der Waals surface area contributed by atoms with E-state index < -0.39 is 6.04 Å². The Morgan fingerprint density at radius 1 is 1.17 bits per heavy atom. The highest BCUT2D eigenvalue weighted by atomic mass is 16.2. The predicted molar refractivity (Wildman–Crippen MR) is 85.2 cm³/mol. The van der Waals surface area contributed by atoms with Crippen LogP contribution in [0, 0.1) is 0 Å². The Bertz CT molecular complexity index is 681. The van der Waals surface area contributed by atoms with E-state index in [1.165, 1.54) is 4.90 Å². The standard InChI is InChI=1S/C17H19N3O4/c1-11-15(22)18-8-10-19(11)14(21)7-4-9-20-16(23)12-5-2-3-6-13(12)17(20)24/h2-3,5-6,11H,4,7-10H2,1H3,(H,18,22). The molecule has 0 aliphatic carbocycles. The zero-order valence-corrected chi connectivity index (χ0v) is 13.4. The van der Waals surface area contributed by atoms with Gasteiger partial charge in [0.2, 0.25) is 11.8 Å². The van der Waals surface area contributed by atoms with Gasteiger partial charge < -0.3 is 10.2 Å². The van der Waals surface area contributed by atoms with Crippen LogP contribution in [-0.4, -0.2) is 59.1 Å². The van der Waals surface area contributed by atoms with Gasteiger partial charge in [0.15, 0.2) is 0 Å². The fourth-order valence-electron chi connectivity index (χ4n) is 3.10. The third kappa shape index (κ3) is 2.77. The predicted octanol–water partition coefficient (Wildman–Crippen LogP) is 0.410. The molecule has 7 nitrogen and oxygen atoms in total. The number of fused-ring (bicyclic) bond motifs is 1. The van der Waals surface area contributed by atoms with E-state index in [0.717, 1.165) is 0 Å². The summed E-state index contributed by atoms with van der Waals surface area (Å²) in [5, 5.41) is 2.71. The third-order valence-corrected chi connectivity index (χ3v) is 4.47. The Kier molecular flexibility index (Phi) is 4.33. The maximum Gasteiger partial charge on any atom is 0.261 e.